The number of aromatic nitrogens is 1. The van der Waals surface area contributed by atoms with Crippen molar-refractivity contribution in [1.29, 1.82) is 0 Å². The molecule has 82 valence electrons. The monoisotopic (exact) mass is 283 g/mol. The van der Waals surface area contributed by atoms with Gasteiger partial charge in [0.05, 0.1) is 6.42 Å². The van der Waals surface area contributed by atoms with Crippen molar-refractivity contribution >= 4 is 21.9 Å². The van der Waals surface area contributed by atoms with Crippen LogP contribution in [0.4, 0.5) is 13.2 Å². The maximum Gasteiger partial charge on any atom is 0.433 e. The fraction of sp³-hybridized carbons (Fsp3) is 0.250. The van der Waals surface area contributed by atoms with Crippen molar-refractivity contribution in [1.82, 2.24) is 4.98 Å². The second kappa shape index (κ2) is 4.18. The van der Waals surface area contributed by atoms with Gasteiger partial charge in [-0.3, -0.25) is 4.79 Å². The van der Waals surface area contributed by atoms with Gasteiger partial charge in [0.25, 0.3) is 0 Å². The number of hydrogen-bond donors (Lipinski definition) is 1. The fourth-order valence-corrected chi connectivity index (χ4v) is 1.32. The van der Waals surface area contributed by atoms with Crippen LogP contribution in [0, 0.1) is 0 Å². The molecule has 15 heavy (non-hydrogen) atoms. The van der Waals surface area contributed by atoms with E-state index in [0.717, 1.165) is 6.07 Å². The van der Waals surface area contributed by atoms with Gasteiger partial charge in [-0.15, -0.1) is 0 Å². The first kappa shape index (κ1) is 12.0. The highest BCUT2D eigenvalue weighted by Gasteiger charge is 2.35. The van der Waals surface area contributed by atoms with E-state index in [1.807, 2.05) is 0 Å². The summed E-state index contributed by atoms with van der Waals surface area (Å²) in [6.07, 6.45) is -5.34. The lowest BCUT2D eigenvalue weighted by atomic mass is 10.1. The number of aliphatic carboxylic acids is 1. The predicted octanol–water partition coefficient (Wildman–Crippen LogP) is 2.49. The molecule has 0 radical (unpaired) electrons. The van der Waals surface area contributed by atoms with Gasteiger partial charge >= 0.3 is 12.1 Å². The van der Waals surface area contributed by atoms with Crippen LogP contribution in [0.15, 0.2) is 16.7 Å². The third-order valence-electron chi connectivity index (χ3n) is 1.56. The van der Waals surface area contributed by atoms with Crippen molar-refractivity contribution in [3.63, 3.8) is 0 Å². The lowest BCUT2D eigenvalue weighted by molar-refractivity contribution is -0.142. The summed E-state index contributed by atoms with van der Waals surface area (Å²) in [6.45, 7) is 0. The number of carboxylic acids is 1. The topological polar surface area (TPSA) is 50.2 Å². The lowest BCUT2D eigenvalue weighted by Crippen LogP contribution is -2.14. The molecule has 0 spiro atoms. The Bertz CT molecular complexity index is 392. The molecule has 0 amide bonds. The number of carboxylic acid groups (broad SMARTS) is 1. The Morgan fingerprint density at radius 1 is 1.47 bits per heavy atom. The quantitative estimate of drug-likeness (QED) is 0.849. The minimum absolute atomic E-state index is 0.0176. The van der Waals surface area contributed by atoms with Gasteiger partial charge < -0.3 is 5.11 Å². The second-order valence-corrected chi connectivity index (χ2v) is 3.52. The summed E-state index contributed by atoms with van der Waals surface area (Å²) >= 11 is 2.80. The maximum atomic E-state index is 12.4. The average Bonchev–Trinajstić information content (AvgIpc) is 2.05. The highest BCUT2D eigenvalue weighted by atomic mass is 79.9. The van der Waals surface area contributed by atoms with E-state index in [1.165, 1.54) is 6.07 Å². The minimum atomic E-state index is -4.64. The summed E-state index contributed by atoms with van der Waals surface area (Å²) in [7, 11) is 0. The Morgan fingerprint density at radius 2 is 2.07 bits per heavy atom. The highest BCUT2D eigenvalue weighted by Crippen LogP contribution is 2.31. The molecule has 7 heteroatoms. The fourth-order valence-electron chi connectivity index (χ4n) is 1.02. The summed E-state index contributed by atoms with van der Waals surface area (Å²) in [5.74, 6) is -1.33. The first-order valence-electron chi connectivity index (χ1n) is 3.75. The van der Waals surface area contributed by atoms with Crippen LogP contribution in [0.1, 0.15) is 11.3 Å². The van der Waals surface area contributed by atoms with E-state index < -0.39 is 24.3 Å². The molecule has 0 unspecified atom stereocenters. The van der Waals surface area contributed by atoms with E-state index in [2.05, 4.69) is 20.9 Å². The van der Waals surface area contributed by atoms with E-state index in [9.17, 15) is 18.0 Å². The van der Waals surface area contributed by atoms with E-state index >= 15 is 0 Å². The summed E-state index contributed by atoms with van der Waals surface area (Å²) in [5, 5.41) is 8.42. The maximum absolute atomic E-state index is 12.4. The summed E-state index contributed by atoms with van der Waals surface area (Å²) < 4.78 is 37.2. The van der Waals surface area contributed by atoms with Gasteiger partial charge in [0.1, 0.15) is 10.3 Å². The van der Waals surface area contributed by atoms with Crippen molar-refractivity contribution in [2.45, 2.75) is 12.6 Å². The molecule has 1 N–H and O–H groups in total. The second-order valence-electron chi connectivity index (χ2n) is 2.71. The van der Waals surface area contributed by atoms with Crippen LogP contribution >= 0.6 is 15.9 Å². The zero-order valence-corrected chi connectivity index (χ0v) is 8.76. The largest absolute Gasteiger partial charge is 0.481 e. The van der Waals surface area contributed by atoms with Crippen LogP contribution < -0.4 is 0 Å². The molecule has 1 rings (SSSR count). The molecule has 3 nitrogen and oxygen atoms in total. The number of rotatable bonds is 2. The summed E-state index contributed by atoms with van der Waals surface area (Å²) in [4.78, 5) is 13.6. The van der Waals surface area contributed by atoms with Crippen molar-refractivity contribution in [3.8, 4) is 0 Å². The molecule has 1 aromatic heterocycles. The summed E-state index contributed by atoms with van der Waals surface area (Å²) in [6, 6.07) is 2.36. The molecule has 1 heterocycles. The van der Waals surface area contributed by atoms with Crippen molar-refractivity contribution in [2.24, 2.45) is 0 Å². The van der Waals surface area contributed by atoms with Crippen LogP contribution in [-0.4, -0.2) is 16.1 Å². The van der Waals surface area contributed by atoms with Gasteiger partial charge in [0.2, 0.25) is 0 Å². The predicted molar refractivity (Wildman–Crippen MR) is 48.3 cm³/mol. The SMILES string of the molecule is O=C(O)Cc1ccc(Br)nc1C(F)(F)F. The van der Waals surface area contributed by atoms with Gasteiger partial charge in [-0.2, -0.15) is 13.2 Å². The van der Waals surface area contributed by atoms with Crippen LogP contribution in [-0.2, 0) is 17.4 Å². The van der Waals surface area contributed by atoms with E-state index in [1.54, 1.807) is 0 Å². The molecule has 0 bridgehead atoms. The smallest absolute Gasteiger partial charge is 0.433 e. The number of nitrogens with zero attached hydrogens (tertiary/aromatic N) is 1. The van der Waals surface area contributed by atoms with E-state index in [4.69, 9.17) is 5.11 Å². The molecule has 0 aliphatic heterocycles. The Labute approximate surface area is 91.1 Å². The molecule has 0 fully saturated rings. The van der Waals surface area contributed by atoms with Gasteiger partial charge in [-0.25, -0.2) is 4.98 Å². The molecule has 0 aliphatic rings. The van der Waals surface area contributed by atoms with Crippen LogP contribution in [0.25, 0.3) is 0 Å². The van der Waals surface area contributed by atoms with E-state index in [0.29, 0.717) is 0 Å². The Balaban J connectivity index is 3.20. The number of alkyl halides is 3. The number of hydrogen-bond acceptors (Lipinski definition) is 2. The third kappa shape index (κ3) is 3.19. The lowest BCUT2D eigenvalue weighted by Gasteiger charge is -2.10. The Hall–Kier alpha value is -1.11. The van der Waals surface area contributed by atoms with Gasteiger partial charge in [-0.1, -0.05) is 6.07 Å². The van der Waals surface area contributed by atoms with E-state index in [-0.39, 0.29) is 10.2 Å². The standard InChI is InChI=1S/C8H5BrF3NO2/c9-5-2-1-4(3-6(14)15)7(13-5)8(10,11)12/h1-2H,3H2,(H,14,15). The van der Waals surface area contributed by atoms with Gasteiger partial charge in [-0.05, 0) is 27.6 Å². The zero-order valence-electron chi connectivity index (χ0n) is 7.18. The Kier molecular flexibility index (Phi) is 3.33. The Morgan fingerprint density at radius 3 is 2.53 bits per heavy atom. The number of carbonyl (C=O) groups is 1. The summed E-state index contributed by atoms with van der Waals surface area (Å²) in [5.41, 5.74) is -1.52. The first-order chi connectivity index (χ1) is 6.80. The molecule has 1 aromatic rings. The molecular weight excluding hydrogens is 279 g/mol. The zero-order chi connectivity index (χ0) is 11.6. The first-order valence-corrected chi connectivity index (χ1v) is 4.54. The highest BCUT2D eigenvalue weighted by molar-refractivity contribution is 9.10. The molecular formula is C8H5BrF3NO2. The van der Waals surface area contributed by atoms with Crippen molar-refractivity contribution in [3.05, 3.63) is 28.0 Å². The van der Waals surface area contributed by atoms with Crippen molar-refractivity contribution < 1.29 is 23.1 Å². The third-order valence-corrected chi connectivity index (χ3v) is 2.00. The van der Waals surface area contributed by atoms with Crippen LogP contribution in [0.2, 0.25) is 0 Å². The molecule has 0 aromatic carbocycles. The molecule has 0 saturated heterocycles. The number of halogens is 4. The van der Waals surface area contributed by atoms with Crippen LogP contribution in [0.5, 0.6) is 0 Å². The minimum Gasteiger partial charge on any atom is -0.481 e. The molecule has 0 atom stereocenters. The van der Waals surface area contributed by atoms with Crippen LogP contribution in [0.3, 0.4) is 0 Å². The average molecular weight is 284 g/mol. The molecule has 0 aliphatic carbocycles. The molecule has 0 saturated carbocycles. The normalized spacial score (nSPS) is 11.5. The van der Waals surface area contributed by atoms with Gasteiger partial charge in [0.15, 0.2) is 0 Å². The van der Waals surface area contributed by atoms with Gasteiger partial charge in [0, 0.05) is 0 Å². The van der Waals surface area contributed by atoms with Crippen molar-refractivity contribution in [2.75, 3.05) is 0 Å². The number of pyridine rings is 1.